The van der Waals surface area contributed by atoms with Gasteiger partial charge in [0.15, 0.2) is 0 Å². The summed E-state index contributed by atoms with van der Waals surface area (Å²) in [5.74, 6) is 0.239. The highest BCUT2D eigenvalue weighted by atomic mass is 32.2. The van der Waals surface area contributed by atoms with Gasteiger partial charge in [-0.1, -0.05) is 6.07 Å². The zero-order chi connectivity index (χ0) is 15.6. The molecule has 0 bridgehead atoms. The van der Waals surface area contributed by atoms with E-state index >= 15 is 0 Å². The molecule has 1 N–H and O–H groups in total. The Labute approximate surface area is 127 Å². The Bertz CT molecular complexity index is 745. The number of hydrogen-bond donors (Lipinski definition) is 1. The minimum atomic E-state index is -2.89. The number of aromatic nitrogens is 1. The molecule has 0 spiro atoms. The third kappa shape index (κ3) is 3.66. The molecule has 2 rings (SSSR count). The first-order valence-corrected chi connectivity index (χ1v) is 9.30. The number of fused-ring (bicyclic) bond motifs is 1. The molecule has 4 nitrogen and oxygen atoms in total. The van der Waals surface area contributed by atoms with E-state index in [-0.39, 0.29) is 5.75 Å². The molecule has 0 aliphatic rings. The van der Waals surface area contributed by atoms with Crippen LogP contribution >= 0.6 is 0 Å². The van der Waals surface area contributed by atoms with Crippen LogP contribution in [0.5, 0.6) is 0 Å². The van der Waals surface area contributed by atoms with Crippen LogP contribution in [0.15, 0.2) is 18.2 Å². The molecule has 1 aromatic heterocycles. The first-order chi connectivity index (χ1) is 9.83. The van der Waals surface area contributed by atoms with Gasteiger partial charge < -0.3 is 9.88 Å². The molecule has 0 unspecified atom stereocenters. The second kappa shape index (κ2) is 6.20. The normalized spacial score (nSPS) is 12.2. The fourth-order valence-corrected chi connectivity index (χ4v) is 3.44. The van der Waals surface area contributed by atoms with Crippen molar-refractivity contribution in [3.8, 4) is 0 Å². The summed E-state index contributed by atoms with van der Waals surface area (Å²) >= 11 is 0. The van der Waals surface area contributed by atoms with Crippen LogP contribution in [-0.2, 0) is 22.9 Å². The standard InChI is InChI=1S/C16H24N2O2S/c1-12-13(2)18(8-5-9-21(4,19)20)16-7-6-14(11-17-3)10-15(12)16/h6-7,10,17H,5,8-9,11H2,1-4H3. The van der Waals surface area contributed by atoms with Crippen molar-refractivity contribution >= 4 is 20.7 Å². The molecule has 5 heteroatoms. The number of nitrogens with zero attached hydrogens (tertiary/aromatic N) is 1. The van der Waals surface area contributed by atoms with Gasteiger partial charge in [0.25, 0.3) is 0 Å². The average Bonchev–Trinajstić information content (AvgIpc) is 2.63. The summed E-state index contributed by atoms with van der Waals surface area (Å²) in [6.07, 6.45) is 1.95. The van der Waals surface area contributed by atoms with Crippen LogP contribution in [0.1, 0.15) is 23.2 Å². The topological polar surface area (TPSA) is 51.1 Å². The first-order valence-electron chi connectivity index (χ1n) is 7.24. The molecule has 1 aromatic carbocycles. The van der Waals surface area contributed by atoms with Crippen LogP contribution in [0.25, 0.3) is 10.9 Å². The number of aryl methyl sites for hydroxylation is 2. The molecular weight excluding hydrogens is 284 g/mol. The molecule has 1 heterocycles. The van der Waals surface area contributed by atoms with Crippen molar-refractivity contribution in [3.05, 3.63) is 35.0 Å². The van der Waals surface area contributed by atoms with Crippen molar-refractivity contribution in [2.24, 2.45) is 0 Å². The first kappa shape index (κ1) is 16.0. The van der Waals surface area contributed by atoms with E-state index in [1.165, 1.54) is 34.0 Å². The lowest BCUT2D eigenvalue weighted by molar-refractivity contribution is 0.592. The van der Waals surface area contributed by atoms with Gasteiger partial charge in [0.2, 0.25) is 0 Å². The van der Waals surface area contributed by atoms with E-state index in [1.807, 2.05) is 7.05 Å². The largest absolute Gasteiger partial charge is 0.345 e. The minimum Gasteiger partial charge on any atom is -0.345 e. The summed E-state index contributed by atoms with van der Waals surface area (Å²) in [6.45, 7) is 5.84. The minimum absolute atomic E-state index is 0.239. The summed E-state index contributed by atoms with van der Waals surface area (Å²) in [5.41, 5.74) is 4.96. The molecule has 0 saturated carbocycles. The second-order valence-corrected chi connectivity index (χ2v) is 7.99. The van der Waals surface area contributed by atoms with Gasteiger partial charge in [-0.25, -0.2) is 8.42 Å². The van der Waals surface area contributed by atoms with Crippen molar-refractivity contribution in [3.63, 3.8) is 0 Å². The lowest BCUT2D eigenvalue weighted by atomic mass is 10.1. The summed E-state index contributed by atoms with van der Waals surface area (Å²) < 4.78 is 24.8. The van der Waals surface area contributed by atoms with Gasteiger partial charge in [-0.15, -0.1) is 0 Å². The van der Waals surface area contributed by atoms with E-state index in [2.05, 4.69) is 41.9 Å². The third-order valence-electron chi connectivity index (χ3n) is 3.98. The van der Waals surface area contributed by atoms with Crippen molar-refractivity contribution < 1.29 is 8.42 Å². The predicted octanol–water partition coefficient (Wildman–Crippen LogP) is 2.41. The third-order valence-corrected chi connectivity index (χ3v) is 5.01. The number of benzene rings is 1. The lowest BCUT2D eigenvalue weighted by Gasteiger charge is -2.08. The quantitative estimate of drug-likeness (QED) is 0.891. The van der Waals surface area contributed by atoms with E-state index in [4.69, 9.17) is 0 Å². The monoisotopic (exact) mass is 308 g/mol. The fraction of sp³-hybridized carbons (Fsp3) is 0.500. The van der Waals surface area contributed by atoms with Crippen LogP contribution in [0.4, 0.5) is 0 Å². The van der Waals surface area contributed by atoms with E-state index in [9.17, 15) is 8.42 Å². The maximum absolute atomic E-state index is 11.3. The highest BCUT2D eigenvalue weighted by molar-refractivity contribution is 7.90. The summed E-state index contributed by atoms with van der Waals surface area (Å²) in [6, 6.07) is 6.49. The Hall–Kier alpha value is -1.33. The lowest BCUT2D eigenvalue weighted by Crippen LogP contribution is -2.08. The van der Waals surface area contributed by atoms with Crippen LogP contribution in [0.3, 0.4) is 0 Å². The molecule has 116 valence electrons. The second-order valence-electron chi connectivity index (χ2n) is 5.73. The molecule has 0 atom stereocenters. The Kier molecular flexibility index (Phi) is 4.74. The molecule has 0 fully saturated rings. The summed E-state index contributed by atoms with van der Waals surface area (Å²) in [4.78, 5) is 0. The van der Waals surface area contributed by atoms with Crippen LogP contribution < -0.4 is 5.32 Å². The Balaban J connectivity index is 2.33. The van der Waals surface area contributed by atoms with Crippen LogP contribution in [0.2, 0.25) is 0 Å². The van der Waals surface area contributed by atoms with Gasteiger partial charge in [0.1, 0.15) is 9.84 Å². The van der Waals surface area contributed by atoms with Crippen molar-refractivity contribution in [1.82, 2.24) is 9.88 Å². The molecule has 0 aliphatic carbocycles. The highest BCUT2D eigenvalue weighted by Gasteiger charge is 2.12. The van der Waals surface area contributed by atoms with E-state index in [1.54, 1.807) is 0 Å². The van der Waals surface area contributed by atoms with E-state index < -0.39 is 9.84 Å². The molecular formula is C16H24N2O2S. The SMILES string of the molecule is CNCc1ccc2c(c1)c(C)c(C)n2CCCS(C)(=O)=O. The van der Waals surface area contributed by atoms with Gasteiger partial charge in [0, 0.05) is 35.9 Å². The molecule has 21 heavy (non-hydrogen) atoms. The van der Waals surface area contributed by atoms with Gasteiger partial charge in [-0.05, 0) is 50.6 Å². The van der Waals surface area contributed by atoms with Gasteiger partial charge in [-0.3, -0.25) is 0 Å². The van der Waals surface area contributed by atoms with Gasteiger partial charge >= 0.3 is 0 Å². The Morgan fingerprint density at radius 2 is 1.95 bits per heavy atom. The predicted molar refractivity (Wildman–Crippen MR) is 88.5 cm³/mol. The smallest absolute Gasteiger partial charge is 0.147 e. The molecule has 2 aromatic rings. The summed E-state index contributed by atoms with van der Waals surface area (Å²) in [7, 11) is -0.946. The fourth-order valence-electron chi connectivity index (χ4n) is 2.78. The molecule has 0 amide bonds. The van der Waals surface area contributed by atoms with Crippen LogP contribution in [-0.4, -0.2) is 32.0 Å². The van der Waals surface area contributed by atoms with Gasteiger partial charge in [0.05, 0.1) is 5.75 Å². The number of hydrogen-bond acceptors (Lipinski definition) is 3. The Morgan fingerprint density at radius 1 is 1.24 bits per heavy atom. The molecule has 0 aliphatic heterocycles. The van der Waals surface area contributed by atoms with Gasteiger partial charge in [-0.2, -0.15) is 0 Å². The van der Waals surface area contributed by atoms with Crippen molar-refractivity contribution in [1.29, 1.82) is 0 Å². The van der Waals surface area contributed by atoms with E-state index in [0.29, 0.717) is 6.42 Å². The summed E-state index contributed by atoms with van der Waals surface area (Å²) in [5, 5.41) is 4.43. The van der Waals surface area contributed by atoms with Crippen molar-refractivity contribution in [2.45, 2.75) is 33.4 Å². The van der Waals surface area contributed by atoms with Crippen molar-refractivity contribution in [2.75, 3.05) is 19.1 Å². The average molecular weight is 308 g/mol. The Morgan fingerprint density at radius 3 is 2.57 bits per heavy atom. The molecule has 0 radical (unpaired) electrons. The van der Waals surface area contributed by atoms with Crippen LogP contribution in [0, 0.1) is 13.8 Å². The molecule has 0 saturated heterocycles. The number of sulfone groups is 1. The van der Waals surface area contributed by atoms with E-state index in [0.717, 1.165) is 13.1 Å². The highest BCUT2D eigenvalue weighted by Crippen LogP contribution is 2.26. The number of rotatable bonds is 6. The maximum atomic E-state index is 11.3. The zero-order valence-corrected chi connectivity index (χ0v) is 14.0. The number of nitrogens with one attached hydrogen (secondary N) is 1. The maximum Gasteiger partial charge on any atom is 0.147 e. The zero-order valence-electron chi connectivity index (χ0n) is 13.2.